The lowest BCUT2D eigenvalue weighted by atomic mass is 9.86. The molecule has 0 bridgehead atoms. The van der Waals surface area contributed by atoms with Crippen molar-refractivity contribution in [2.75, 3.05) is 13.6 Å². The monoisotopic (exact) mass is 252 g/mol. The first kappa shape index (κ1) is 13.1. The van der Waals surface area contributed by atoms with Gasteiger partial charge in [-0.2, -0.15) is 0 Å². The summed E-state index contributed by atoms with van der Waals surface area (Å²) in [5.74, 6) is 0.889. The van der Waals surface area contributed by atoms with Crippen molar-refractivity contribution in [1.29, 1.82) is 0 Å². The van der Waals surface area contributed by atoms with Crippen molar-refractivity contribution in [3.05, 3.63) is 21.9 Å². The fraction of sp³-hybridized carbons (Fsp3) is 0.714. The topological polar surface area (TPSA) is 24.1 Å². The minimum absolute atomic E-state index is 0.769. The first-order chi connectivity index (χ1) is 8.29. The van der Waals surface area contributed by atoms with Crippen molar-refractivity contribution in [3.8, 4) is 0 Å². The lowest BCUT2D eigenvalue weighted by Gasteiger charge is -2.28. The summed E-state index contributed by atoms with van der Waals surface area (Å²) in [7, 11) is 2.09. The summed E-state index contributed by atoms with van der Waals surface area (Å²) in [4.78, 5) is 1.49. The van der Waals surface area contributed by atoms with E-state index in [0.29, 0.717) is 0 Å². The van der Waals surface area contributed by atoms with Gasteiger partial charge in [-0.1, -0.05) is 0 Å². The van der Waals surface area contributed by atoms with E-state index in [4.69, 9.17) is 0 Å². The van der Waals surface area contributed by atoms with Gasteiger partial charge in [0.15, 0.2) is 0 Å². The Morgan fingerprint density at radius 1 is 1.29 bits per heavy atom. The second-order valence-electron chi connectivity index (χ2n) is 5.16. The van der Waals surface area contributed by atoms with Crippen LogP contribution in [0.2, 0.25) is 0 Å². The first-order valence-corrected chi connectivity index (χ1v) is 7.58. The van der Waals surface area contributed by atoms with Crippen molar-refractivity contribution >= 4 is 11.3 Å². The van der Waals surface area contributed by atoms with Gasteiger partial charge in [0.2, 0.25) is 0 Å². The third kappa shape index (κ3) is 3.80. The van der Waals surface area contributed by atoms with Gasteiger partial charge in [-0.15, -0.1) is 11.3 Å². The van der Waals surface area contributed by atoms with Crippen molar-refractivity contribution in [3.63, 3.8) is 0 Å². The maximum atomic E-state index is 3.62. The quantitative estimate of drug-likeness (QED) is 0.842. The number of hydrogen-bond acceptors (Lipinski definition) is 3. The Hall–Kier alpha value is -0.380. The van der Waals surface area contributed by atoms with Crippen molar-refractivity contribution in [1.82, 2.24) is 10.6 Å². The van der Waals surface area contributed by atoms with Gasteiger partial charge in [0.1, 0.15) is 0 Å². The maximum absolute atomic E-state index is 3.62. The molecule has 1 aromatic heterocycles. The summed E-state index contributed by atoms with van der Waals surface area (Å²) in [5.41, 5.74) is 1.43. The van der Waals surface area contributed by atoms with Crippen LogP contribution in [-0.4, -0.2) is 19.6 Å². The molecule has 1 heterocycles. The predicted octanol–water partition coefficient (Wildman–Crippen LogP) is 2.92. The van der Waals surface area contributed by atoms with Crippen LogP contribution in [0.4, 0.5) is 0 Å². The highest BCUT2D eigenvalue weighted by Crippen LogP contribution is 2.23. The Balaban J connectivity index is 1.65. The third-order valence-corrected chi connectivity index (χ3v) is 4.96. The van der Waals surface area contributed by atoms with Gasteiger partial charge >= 0.3 is 0 Å². The van der Waals surface area contributed by atoms with E-state index >= 15 is 0 Å². The zero-order chi connectivity index (χ0) is 12.1. The zero-order valence-corrected chi connectivity index (χ0v) is 11.8. The Bertz CT molecular complexity index is 327. The Morgan fingerprint density at radius 2 is 2.06 bits per heavy atom. The minimum atomic E-state index is 0.769. The van der Waals surface area contributed by atoms with Crippen LogP contribution in [0, 0.1) is 12.8 Å². The fourth-order valence-corrected chi connectivity index (χ4v) is 3.51. The normalized spacial score (nSPS) is 25.1. The summed E-state index contributed by atoms with van der Waals surface area (Å²) in [6, 6.07) is 2.98. The second kappa shape index (κ2) is 6.53. The number of thiophene rings is 1. The highest BCUT2D eigenvalue weighted by Gasteiger charge is 2.19. The molecule has 1 saturated carbocycles. The predicted molar refractivity (Wildman–Crippen MR) is 75.6 cm³/mol. The second-order valence-corrected chi connectivity index (χ2v) is 6.16. The van der Waals surface area contributed by atoms with E-state index in [-0.39, 0.29) is 0 Å². The summed E-state index contributed by atoms with van der Waals surface area (Å²) >= 11 is 1.87. The number of hydrogen-bond donors (Lipinski definition) is 2. The molecule has 0 aliphatic heterocycles. The average molecular weight is 252 g/mol. The molecular weight excluding hydrogens is 228 g/mol. The van der Waals surface area contributed by atoms with E-state index in [2.05, 4.69) is 36.1 Å². The van der Waals surface area contributed by atoms with E-state index in [1.54, 1.807) is 0 Å². The summed E-state index contributed by atoms with van der Waals surface area (Å²) in [6.07, 6.45) is 5.45. The van der Waals surface area contributed by atoms with E-state index in [1.165, 1.54) is 42.7 Å². The molecular formula is C14H24N2S. The summed E-state index contributed by atoms with van der Waals surface area (Å²) in [6.45, 7) is 4.44. The van der Waals surface area contributed by atoms with Crippen LogP contribution in [0.1, 0.15) is 36.1 Å². The Kier molecular flexibility index (Phi) is 5.01. The molecule has 3 heteroatoms. The van der Waals surface area contributed by atoms with Crippen LogP contribution in [0.25, 0.3) is 0 Å². The number of aryl methyl sites for hydroxylation is 1. The Labute approximate surface area is 109 Å². The summed E-state index contributed by atoms with van der Waals surface area (Å²) < 4.78 is 0. The molecule has 96 valence electrons. The van der Waals surface area contributed by atoms with Crippen LogP contribution in [0.3, 0.4) is 0 Å². The standard InChI is InChI=1S/C14H24N2S/c1-11-7-8-17-14(11)10-16-9-12-3-5-13(15-2)6-4-12/h7-8,12-13,15-16H,3-6,9-10H2,1-2H3. The average Bonchev–Trinajstić information content (AvgIpc) is 2.76. The van der Waals surface area contributed by atoms with Crippen molar-refractivity contribution in [2.24, 2.45) is 5.92 Å². The Morgan fingerprint density at radius 3 is 2.65 bits per heavy atom. The zero-order valence-electron chi connectivity index (χ0n) is 11.0. The molecule has 1 aromatic rings. The molecule has 0 unspecified atom stereocenters. The van der Waals surface area contributed by atoms with Gasteiger partial charge in [-0.3, -0.25) is 0 Å². The lowest BCUT2D eigenvalue weighted by Crippen LogP contribution is -2.33. The van der Waals surface area contributed by atoms with Gasteiger partial charge in [-0.05, 0) is 69.1 Å². The van der Waals surface area contributed by atoms with Crippen LogP contribution in [-0.2, 0) is 6.54 Å². The molecule has 0 aromatic carbocycles. The molecule has 2 N–H and O–H groups in total. The van der Waals surface area contributed by atoms with E-state index in [1.807, 2.05) is 11.3 Å². The highest BCUT2D eigenvalue weighted by atomic mass is 32.1. The van der Waals surface area contributed by atoms with E-state index < -0.39 is 0 Å². The fourth-order valence-electron chi connectivity index (χ4n) is 2.63. The lowest BCUT2D eigenvalue weighted by molar-refractivity contribution is 0.292. The molecule has 0 radical (unpaired) electrons. The highest BCUT2D eigenvalue weighted by molar-refractivity contribution is 7.10. The van der Waals surface area contributed by atoms with E-state index in [0.717, 1.165) is 18.5 Å². The minimum Gasteiger partial charge on any atom is -0.317 e. The molecule has 17 heavy (non-hydrogen) atoms. The molecule has 2 nitrogen and oxygen atoms in total. The molecule has 2 rings (SSSR count). The smallest absolute Gasteiger partial charge is 0.0302 e. The van der Waals surface area contributed by atoms with Crippen LogP contribution in [0.15, 0.2) is 11.4 Å². The maximum Gasteiger partial charge on any atom is 0.0302 e. The molecule has 1 aliphatic carbocycles. The van der Waals surface area contributed by atoms with Gasteiger partial charge < -0.3 is 10.6 Å². The molecule has 0 amide bonds. The number of rotatable bonds is 5. The number of nitrogens with one attached hydrogen (secondary N) is 2. The first-order valence-electron chi connectivity index (χ1n) is 6.70. The molecule has 0 atom stereocenters. The van der Waals surface area contributed by atoms with Gasteiger partial charge in [0.05, 0.1) is 0 Å². The molecule has 0 spiro atoms. The summed E-state index contributed by atoms with van der Waals surface area (Å²) in [5, 5.41) is 9.20. The van der Waals surface area contributed by atoms with Crippen molar-refractivity contribution in [2.45, 2.75) is 45.2 Å². The molecule has 1 fully saturated rings. The molecule has 1 aliphatic rings. The van der Waals surface area contributed by atoms with Gasteiger partial charge in [0, 0.05) is 17.5 Å². The molecule has 0 saturated heterocycles. The largest absolute Gasteiger partial charge is 0.317 e. The van der Waals surface area contributed by atoms with Crippen LogP contribution in [0.5, 0.6) is 0 Å². The van der Waals surface area contributed by atoms with E-state index in [9.17, 15) is 0 Å². The van der Waals surface area contributed by atoms with Gasteiger partial charge in [-0.25, -0.2) is 0 Å². The van der Waals surface area contributed by atoms with Crippen molar-refractivity contribution < 1.29 is 0 Å². The SMILES string of the molecule is CNC1CCC(CNCc2sccc2C)CC1. The third-order valence-electron chi connectivity index (χ3n) is 3.94. The van der Waals surface area contributed by atoms with Crippen LogP contribution < -0.4 is 10.6 Å². The van der Waals surface area contributed by atoms with Crippen LogP contribution >= 0.6 is 11.3 Å². The van der Waals surface area contributed by atoms with Gasteiger partial charge in [0.25, 0.3) is 0 Å².